The summed E-state index contributed by atoms with van der Waals surface area (Å²) in [5.41, 5.74) is 4.13. The summed E-state index contributed by atoms with van der Waals surface area (Å²) in [5.74, 6) is -0.194. The van der Waals surface area contributed by atoms with Crippen molar-refractivity contribution in [3.05, 3.63) is 71.3 Å². The zero-order chi connectivity index (χ0) is 19.1. The van der Waals surface area contributed by atoms with Crippen molar-refractivity contribution in [1.82, 2.24) is 9.97 Å². The van der Waals surface area contributed by atoms with Crippen molar-refractivity contribution < 1.29 is 13.7 Å². The summed E-state index contributed by atoms with van der Waals surface area (Å²) in [5, 5.41) is 2.15. The topological polar surface area (TPSA) is 61.3 Å². The zero-order valence-electron chi connectivity index (χ0n) is 14.9. The van der Waals surface area contributed by atoms with Gasteiger partial charge in [0.1, 0.15) is 6.61 Å². The molecule has 0 aliphatic rings. The predicted octanol–water partition coefficient (Wildman–Crippen LogP) is 4.84. The van der Waals surface area contributed by atoms with Crippen LogP contribution < -0.4 is 0 Å². The Morgan fingerprint density at radius 1 is 1.22 bits per heavy atom. The maximum absolute atomic E-state index is 11.4. The summed E-state index contributed by atoms with van der Waals surface area (Å²) < 4.78 is 10.2. The second-order valence-electron chi connectivity index (χ2n) is 6.06. The number of benzene rings is 1. The summed E-state index contributed by atoms with van der Waals surface area (Å²) >= 11 is 2.10. The van der Waals surface area contributed by atoms with Crippen LogP contribution in [-0.4, -0.2) is 23.0 Å². The summed E-state index contributed by atoms with van der Waals surface area (Å²) in [6.45, 7) is 0.456. The molecular weight excluding hydrogens is 475 g/mol. The molecule has 0 radical (unpaired) electrons. The lowest BCUT2D eigenvalue weighted by Crippen LogP contribution is -2.03. The number of halogens is 1. The number of esters is 1. The van der Waals surface area contributed by atoms with E-state index in [1.54, 1.807) is 6.20 Å². The minimum absolute atomic E-state index is 0.194. The van der Waals surface area contributed by atoms with Gasteiger partial charge in [0.15, 0.2) is 0 Å². The molecule has 7 heteroatoms. The number of carbonyl (C=O) groups excluding carboxylic acids is 1. The fraction of sp³-hybridized carbons (Fsp3) is 0.250. The minimum Gasteiger partial charge on any atom is -0.469 e. The molecule has 0 amide bonds. The van der Waals surface area contributed by atoms with E-state index in [-0.39, 0.29) is 5.97 Å². The van der Waals surface area contributed by atoms with Crippen LogP contribution in [0.2, 0.25) is 0 Å². The van der Waals surface area contributed by atoms with Gasteiger partial charge in [0.2, 0.25) is 0 Å². The molecule has 0 bridgehead atoms. The number of ether oxygens (including phenoxy) is 1. The van der Waals surface area contributed by atoms with Crippen LogP contribution in [0.3, 0.4) is 0 Å². The molecule has 1 aromatic carbocycles. The highest BCUT2D eigenvalue weighted by molar-refractivity contribution is 14.2. The molecule has 0 aliphatic heterocycles. The van der Waals surface area contributed by atoms with Crippen molar-refractivity contribution in [2.75, 3.05) is 7.11 Å². The molecule has 27 heavy (non-hydrogen) atoms. The number of hydrogen-bond donors (Lipinski definition) is 0. The van der Waals surface area contributed by atoms with E-state index in [1.807, 2.05) is 30.5 Å². The molecule has 0 fully saturated rings. The highest BCUT2D eigenvalue weighted by Gasteiger charge is 2.09. The molecular formula is C20H19IN2O3S. The van der Waals surface area contributed by atoms with Crippen LogP contribution in [0.25, 0.3) is 10.8 Å². The number of methoxy groups -OCH3 is 1. The van der Waals surface area contributed by atoms with Gasteiger partial charge in [-0.05, 0) is 35.1 Å². The third-order valence-corrected chi connectivity index (χ3v) is 5.20. The molecule has 0 saturated heterocycles. The van der Waals surface area contributed by atoms with Crippen LogP contribution in [0.15, 0.2) is 48.8 Å². The molecule has 5 nitrogen and oxygen atoms in total. The summed E-state index contributed by atoms with van der Waals surface area (Å²) in [7, 11) is 2.72. The van der Waals surface area contributed by atoms with Gasteiger partial charge in [-0.3, -0.25) is 18.9 Å². The average molecular weight is 494 g/mol. The van der Waals surface area contributed by atoms with Gasteiger partial charge in [0, 0.05) is 51.8 Å². The Morgan fingerprint density at radius 3 is 2.89 bits per heavy atom. The van der Waals surface area contributed by atoms with Gasteiger partial charge in [0.05, 0.1) is 27.7 Å². The van der Waals surface area contributed by atoms with Gasteiger partial charge in [-0.15, -0.1) is 0 Å². The molecule has 0 aliphatic carbocycles. The molecule has 0 unspecified atom stereocenters. The van der Waals surface area contributed by atoms with Crippen molar-refractivity contribution >= 4 is 47.2 Å². The number of fused-ring (bicyclic) bond motifs is 1. The second-order valence-corrected chi connectivity index (χ2v) is 7.50. The molecule has 3 aromatic rings. The standard InChI is InChI=1S/C20H19IN2O3S/c1-25-20(24)6-5-14-3-2-4-15(9-14)10-19-18-12-22-8-7-16(18)11-17(23-19)13-26-27-21/h2-4,7-9,11-12H,5-6,10,13H2,1H3. The lowest BCUT2D eigenvalue weighted by molar-refractivity contribution is -0.140. The first-order valence-electron chi connectivity index (χ1n) is 8.47. The molecule has 0 N–H and O–H groups in total. The Morgan fingerprint density at radius 2 is 2.07 bits per heavy atom. The third kappa shape index (κ3) is 5.63. The molecule has 2 aromatic heterocycles. The van der Waals surface area contributed by atoms with Gasteiger partial charge < -0.3 is 4.74 Å². The normalized spacial score (nSPS) is 10.9. The first kappa shape index (κ1) is 20.0. The first-order chi connectivity index (χ1) is 13.2. The van der Waals surface area contributed by atoms with E-state index in [0.29, 0.717) is 25.9 Å². The number of rotatable bonds is 8. The predicted molar refractivity (Wildman–Crippen MR) is 116 cm³/mol. The van der Waals surface area contributed by atoms with Crippen molar-refractivity contribution in [1.29, 1.82) is 0 Å². The van der Waals surface area contributed by atoms with Crippen LogP contribution in [0.4, 0.5) is 0 Å². The maximum Gasteiger partial charge on any atom is 0.305 e. The second kappa shape index (κ2) is 10.0. The summed E-state index contributed by atoms with van der Waals surface area (Å²) in [6, 6.07) is 12.3. The number of aryl methyl sites for hydroxylation is 1. The van der Waals surface area contributed by atoms with Crippen molar-refractivity contribution in [2.45, 2.75) is 25.9 Å². The largest absolute Gasteiger partial charge is 0.469 e. The van der Waals surface area contributed by atoms with E-state index in [4.69, 9.17) is 13.9 Å². The molecule has 0 atom stereocenters. The Hall–Kier alpha value is -1.71. The average Bonchev–Trinajstić information content (AvgIpc) is 2.70. The van der Waals surface area contributed by atoms with Crippen molar-refractivity contribution in [2.24, 2.45) is 0 Å². The Labute approximate surface area is 174 Å². The van der Waals surface area contributed by atoms with E-state index in [2.05, 4.69) is 38.3 Å². The summed E-state index contributed by atoms with van der Waals surface area (Å²) in [6.07, 6.45) is 5.38. The van der Waals surface area contributed by atoms with Gasteiger partial charge in [-0.2, -0.15) is 0 Å². The number of pyridine rings is 2. The van der Waals surface area contributed by atoms with Crippen LogP contribution in [0.5, 0.6) is 0 Å². The molecule has 3 rings (SSSR count). The van der Waals surface area contributed by atoms with Gasteiger partial charge >= 0.3 is 5.97 Å². The first-order valence-corrected chi connectivity index (χ1v) is 11.8. The highest BCUT2D eigenvalue weighted by atomic mass is 127. The molecule has 0 spiro atoms. The number of aromatic nitrogens is 2. The maximum atomic E-state index is 11.4. The quantitative estimate of drug-likeness (QED) is 0.254. The number of carbonyl (C=O) groups is 1. The van der Waals surface area contributed by atoms with Gasteiger partial charge in [-0.25, -0.2) is 0 Å². The van der Waals surface area contributed by atoms with Gasteiger partial charge in [0.25, 0.3) is 0 Å². The van der Waals surface area contributed by atoms with Crippen molar-refractivity contribution in [3.8, 4) is 0 Å². The lowest BCUT2D eigenvalue weighted by Gasteiger charge is -2.10. The fourth-order valence-electron chi connectivity index (χ4n) is 2.95. The minimum atomic E-state index is -0.194. The van der Waals surface area contributed by atoms with E-state index in [0.717, 1.165) is 33.3 Å². The Bertz CT molecular complexity index is 936. The van der Waals surface area contributed by atoms with Crippen LogP contribution in [-0.2, 0) is 33.2 Å². The van der Waals surface area contributed by atoms with E-state index in [1.165, 1.54) is 16.3 Å². The zero-order valence-corrected chi connectivity index (χ0v) is 17.8. The molecule has 0 saturated carbocycles. The smallest absolute Gasteiger partial charge is 0.305 e. The fourth-order valence-corrected chi connectivity index (χ4v) is 3.49. The van der Waals surface area contributed by atoms with E-state index in [9.17, 15) is 4.79 Å². The lowest BCUT2D eigenvalue weighted by atomic mass is 10.0. The SMILES string of the molecule is COC(=O)CCc1cccc(Cc2nc(COSI)cc3ccncc23)c1. The molecule has 2 heterocycles. The number of hydrogen-bond acceptors (Lipinski definition) is 6. The van der Waals surface area contributed by atoms with Crippen LogP contribution in [0.1, 0.15) is 28.9 Å². The van der Waals surface area contributed by atoms with E-state index >= 15 is 0 Å². The summed E-state index contributed by atoms with van der Waals surface area (Å²) in [4.78, 5) is 20.4. The Balaban J connectivity index is 1.86. The van der Waals surface area contributed by atoms with Gasteiger partial charge in [-0.1, -0.05) is 24.3 Å². The van der Waals surface area contributed by atoms with Crippen LogP contribution in [0, 0.1) is 0 Å². The van der Waals surface area contributed by atoms with E-state index < -0.39 is 0 Å². The number of nitrogens with zero attached hydrogens (tertiary/aromatic N) is 2. The molecule has 140 valence electrons. The van der Waals surface area contributed by atoms with Crippen molar-refractivity contribution in [3.63, 3.8) is 0 Å². The van der Waals surface area contributed by atoms with Crippen LogP contribution >= 0.6 is 30.4 Å². The monoisotopic (exact) mass is 494 g/mol. The Kier molecular flexibility index (Phi) is 7.42. The third-order valence-electron chi connectivity index (χ3n) is 4.23. The highest BCUT2D eigenvalue weighted by Crippen LogP contribution is 2.23.